The number of benzene rings is 1. The standard InChI is InChI=1S/C9H10BrN/c1-6-4-9-7(2-3-11-9)5-8(6)10/h4-5,11H,2-3H2,1H3. The molecular weight excluding hydrogens is 202 g/mol. The number of halogens is 1. The Morgan fingerprint density at radius 2 is 2.27 bits per heavy atom. The highest BCUT2D eigenvalue weighted by molar-refractivity contribution is 9.10. The van der Waals surface area contributed by atoms with Crippen LogP contribution in [0.3, 0.4) is 0 Å². The SMILES string of the molecule is Cc1cc2c(cc1Br)CCN2. The highest BCUT2D eigenvalue weighted by atomic mass is 79.9. The molecule has 1 aliphatic heterocycles. The largest absolute Gasteiger partial charge is 0.384 e. The van der Waals surface area contributed by atoms with E-state index in [0.717, 1.165) is 13.0 Å². The molecule has 1 aliphatic rings. The summed E-state index contributed by atoms with van der Waals surface area (Å²) in [5.74, 6) is 0. The summed E-state index contributed by atoms with van der Waals surface area (Å²) < 4.78 is 1.22. The lowest BCUT2D eigenvalue weighted by molar-refractivity contribution is 1.10. The lowest BCUT2D eigenvalue weighted by Gasteiger charge is -2.02. The molecule has 0 aliphatic carbocycles. The molecule has 0 saturated heterocycles. The van der Waals surface area contributed by atoms with Gasteiger partial charge in [0.25, 0.3) is 0 Å². The predicted molar refractivity (Wildman–Crippen MR) is 51.1 cm³/mol. The van der Waals surface area contributed by atoms with E-state index in [-0.39, 0.29) is 0 Å². The topological polar surface area (TPSA) is 12.0 Å². The molecule has 11 heavy (non-hydrogen) atoms. The third kappa shape index (κ3) is 1.16. The third-order valence-corrected chi connectivity index (χ3v) is 2.95. The number of hydrogen-bond donors (Lipinski definition) is 1. The van der Waals surface area contributed by atoms with E-state index in [9.17, 15) is 0 Å². The van der Waals surface area contributed by atoms with Crippen LogP contribution in [0.1, 0.15) is 11.1 Å². The zero-order chi connectivity index (χ0) is 7.84. The molecule has 0 amide bonds. The van der Waals surface area contributed by atoms with E-state index < -0.39 is 0 Å². The summed E-state index contributed by atoms with van der Waals surface area (Å²) in [6.07, 6.45) is 1.16. The minimum atomic E-state index is 1.09. The summed E-state index contributed by atoms with van der Waals surface area (Å²) >= 11 is 3.52. The minimum absolute atomic E-state index is 1.09. The molecule has 0 radical (unpaired) electrons. The maximum atomic E-state index is 3.52. The summed E-state index contributed by atoms with van der Waals surface area (Å²) in [5.41, 5.74) is 4.05. The van der Waals surface area contributed by atoms with Gasteiger partial charge in [0.2, 0.25) is 0 Å². The first-order valence-corrected chi connectivity index (χ1v) is 4.59. The molecule has 2 heteroatoms. The highest BCUT2D eigenvalue weighted by Gasteiger charge is 2.10. The van der Waals surface area contributed by atoms with E-state index in [2.05, 4.69) is 40.3 Å². The second-order valence-corrected chi connectivity index (χ2v) is 3.79. The van der Waals surface area contributed by atoms with E-state index in [0.29, 0.717) is 0 Å². The maximum Gasteiger partial charge on any atom is 0.0376 e. The number of anilines is 1. The van der Waals surface area contributed by atoms with Crippen LogP contribution in [0.4, 0.5) is 5.69 Å². The van der Waals surface area contributed by atoms with Crippen molar-refractivity contribution in [3.8, 4) is 0 Å². The van der Waals surface area contributed by atoms with Gasteiger partial charge in [-0.25, -0.2) is 0 Å². The molecule has 2 rings (SSSR count). The van der Waals surface area contributed by atoms with Crippen LogP contribution in [0.15, 0.2) is 16.6 Å². The molecule has 1 nitrogen and oxygen atoms in total. The molecule has 1 aromatic rings. The number of nitrogens with one attached hydrogen (secondary N) is 1. The smallest absolute Gasteiger partial charge is 0.0376 e. The fraction of sp³-hybridized carbons (Fsp3) is 0.333. The molecule has 1 heterocycles. The average Bonchev–Trinajstić information content (AvgIpc) is 2.36. The Kier molecular flexibility index (Phi) is 1.64. The van der Waals surface area contributed by atoms with Gasteiger partial charge in [0, 0.05) is 16.7 Å². The van der Waals surface area contributed by atoms with Crippen molar-refractivity contribution < 1.29 is 0 Å². The normalized spacial score (nSPS) is 14.4. The molecular formula is C9H10BrN. The summed E-state index contributed by atoms with van der Waals surface area (Å²) in [7, 11) is 0. The van der Waals surface area contributed by atoms with Crippen molar-refractivity contribution in [2.75, 3.05) is 11.9 Å². The Bertz CT molecular complexity index is 265. The van der Waals surface area contributed by atoms with Gasteiger partial charge in [-0.2, -0.15) is 0 Å². The van der Waals surface area contributed by atoms with Crippen molar-refractivity contribution in [1.29, 1.82) is 0 Å². The Hall–Kier alpha value is -0.500. The van der Waals surface area contributed by atoms with Gasteiger partial charge in [-0.05, 0) is 36.6 Å². The Morgan fingerprint density at radius 1 is 1.45 bits per heavy atom. The number of rotatable bonds is 0. The Balaban J connectivity index is 2.57. The van der Waals surface area contributed by atoms with Crippen LogP contribution in [0.5, 0.6) is 0 Å². The fourth-order valence-electron chi connectivity index (χ4n) is 1.43. The van der Waals surface area contributed by atoms with Crippen LogP contribution in [-0.4, -0.2) is 6.54 Å². The number of hydrogen-bond acceptors (Lipinski definition) is 1. The van der Waals surface area contributed by atoms with Crippen molar-refractivity contribution in [1.82, 2.24) is 0 Å². The van der Waals surface area contributed by atoms with Crippen molar-refractivity contribution in [3.05, 3.63) is 27.7 Å². The van der Waals surface area contributed by atoms with Gasteiger partial charge in [0.05, 0.1) is 0 Å². The molecule has 0 spiro atoms. The van der Waals surface area contributed by atoms with Crippen LogP contribution in [0.25, 0.3) is 0 Å². The van der Waals surface area contributed by atoms with Gasteiger partial charge >= 0.3 is 0 Å². The van der Waals surface area contributed by atoms with Crippen molar-refractivity contribution in [2.45, 2.75) is 13.3 Å². The molecule has 58 valence electrons. The average molecular weight is 212 g/mol. The van der Waals surface area contributed by atoms with Crippen molar-refractivity contribution in [3.63, 3.8) is 0 Å². The predicted octanol–water partition coefficient (Wildman–Crippen LogP) is 2.73. The second-order valence-electron chi connectivity index (χ2n) is 2.94. The van der Waals surface area contributed by atoms with E-state index >= 15 is 0 Å². The lowest BCUT2D eigenvalue weighted by Crippen LogP contribution is -1.90. The van der Waals surface area contributed by atoms with Crippen LogP contribution in [-0.2, 0) is 6.42 Å². The first-order valence-electron chi connectivity index (χ1n) is 3.80. The van der Waals surface area contributed by atoms with Gasteiger partial charge in [-0.15, -0.1) is 0 Å². The first-order chi connectivity index (χ1) is 5.27. The maximum absolute atomic E-state index is 3.52. The highest BCUT2D eigenvalue weighted by Crippen LogP contribution is 2.28. The third-order valence-electron chi connectivity index (χ3n) is 2.09. The van der Waals surface area contributed by atoms with Gasteiger partial charge in [0.1, 0.15) is 0 Å². The molecule has 1 aromatic carbocycles. The van der Waals surface area contributed by atoms with Gasteiger partial charge in [-0.3, -0.25) is 0 Å². The minimum Gasteiger partial charge on any atom is -0.384 e. The molecule has 0 aromatic heterocycles. The summed E-state index contributed by atoms with van der Waals surface area (Å²) in [4.78, 5) is 0. The Labute approximate surface area is 74.9 Å². The van der Waals surface area contributed by atoms with E-state index in [4.69, 9.17) is 0 Å². The molecule has 0 saturated carbocycles. The molecule has 0 atom stereocenters. The quantitative estimate of drug-likeness (QED) is 0.697. The summed E-state index contributed by atoms with van der Waals surface area (Å²) in [6.45, 7) is 3.20. The van der Waals surface area contributed by atoms with E-state index in [1.165, 1.54) is 21.3 Å². The van der Waals surface area contributed by atoms with Crippen LogP contribution in [0.2, 0.25) is 0 Å². The monoisotopic (exact) mass is 211 g/mol. The second kappa shape index (κ2) is 2.52. The van der Waals surface area contributed by atoms with Crippen molar-refractivity contribution >= 4 is 21.6 Å². The van der Waals surface area contributed by atoms with E-state index in [1.54, 1.807) is 0 Å². The Morgan fingerprint density at radius 3 is 3.09 bits per heavy atom. The van der Waals surface area contributed by atoms with Crippen LogP contribution in [0, 0.1) is 6.92 Å². The number of fused-ring (bicyclic) bond motifs is 1. The summed E-state index contributed by atoms with van der Waals surface area (Å²) in [5, 5.41) is 3.35. The van der Waals surface area contributed by atoms with Gasteiger partial charge in [-0.1, -0.05) is 15.9 Å². The lowest BCUT2D eigenvalue weighted by atomic mass is 10.1. The number of aryl methyl sites for hydroxylation is 1. The molecule has 0 bridgehead atoms. The first kappa shape index (κ1) is 7.17. The zero-order valence-corrected chi connectivity index (χ0v) is 8.03. The van der Waals surface area contributed by atoms with Crippen LogP contribution < -0.4 is 5.32 Å². The fourth-order valence-corrected chi connectivity index (χ4v) is 1.82. The van der Waals surface area contributed by atoms with Gasteiger partial charge < -0.3 is 5.32 Å². The molecule has 0 unspecified atom stereocenters. The zero-order valence-electron chi connectivity index (χ0n) is 6.45. The molecule has 0 fully saturated rings. The van der Waals surface area contributed by atoms with E-state index in [1.807, 2.05) is 0 Å². The molecule has 1 N–H and O–H groups in total. The van der Waals surface area contributed by atoms with Crippen molar-refractivity contribution in [2.24, 2.45) is 0 Å². The van der Waals surface area contributed by atoms with Crippen LogP contribution >= 0.6 is 15.9 Å². The van der Waals surface area contributed by atoms with Gasteiger partial charge in [0.15, 0.2) is 0 Å². The summed E-state index contributed by atoms with van der Waals surface area (Å²) in [6, 6.07) is 4.41.